The Balaban J connectivity index is 1.67. The molecule has 0 spiro atoms. The Bertz CT molecular complexity index is 537. The summed E-state index contributed by atoms with van der Waals surface area (Å²) in [7, 11) is -1.85. The van der Waals surface area contributed by atoms with Gasteiger partial charge in [0.1, 0.15) is 0 Å². The van der Waals surface area contributed by atoms with Crippen LogP contribution in [0.2, 0.25) is 0 Å². The van der Waals surface area contributed by atoms with Crippen LogP contribution >= 0.6 is 0 Å². The van der Waals surface area contributed by atoms with Gasteiger partial charge >= 0.3 is 0 Å². The van der Waals surface area contributed by atoms with Crippen molar-refractivity contribution in [1.82, 2.24) is 9.62 Å². The van der Waals surface area contributed by atoms with E-state index in [0.29, 0.717) is 0 Å². The second-order valence-electron chi connectivity index (χ2n) is 8.33. The number of nitrogens with zero attached hydrogens (tertiary/aromatic N) is 1. The van der Waals surface area contributed by atoms with Crippen molar-refractivity contribution in [3.05, 3.63) is 0 Å². The van der Waals surface area contributed by atoms with Gasteiger partial charge in [0, 0.05) is 13.1 Å². The van der Waals surface area contributed by atoms with Crippen molar-refractivity contribution in [2.24, 2.45) is 23.2 Å². The monoisotopic (exact) mass is 342 g/mol. The lowest BCUT2D eigenvalue weighted by Crippen LogP contribution is -2.57. The Hall–Kier alpha value is -0.620. The van der Waals surface area contributed by atoms with Crippen LogP contribution in [0.15, 0.2) is 0 Å². The first-order valence-electron chi connectivity index (χ1n) is 8.92. The SMILES string of the molecule is CC[C@H](NC(=O)CN(C)S(C)(=O)=O)C12CC3CC(CC(C3)C1)C2. The number of hydrogen-bond acceptors (Lipinski definition) is 3. The summed E-state index contributed by atoms with van der Waals surface area (Å²) >= 11 is 0. The molecule has 23 heavy (non-hydrogen) atoms. The maximum atomic E-state index is 12.3. The molecule has 4 bridgehead atoms. The van der Waals surface area contributed by atoms with Gasteiger partial charge in [-0.05, 0) is 68.1 Å². The van der Waals surface area contributed by atoms with E-state index in [1.54, 1.807) is 0 Å². The number of nitrogens with one attached hydrogen (secondary N) is 1. The minimum atomic E-state index is -3.31. The lowest BCUT2D eigenvalue weighted by molar-refractivity contribution is -0.126. The molecule has 0 aliphatic heterocycles. The molecule has 4 aliphatic rings. The lowest BCUT2D eigenvalue weighted by atomic mass is 9.47. The molecule has 0 aromatic rings. The van der Waals surface area contributed by atoms with Gasteiger partial charge in [-0.15, -0.1) is 0 Å². The quantitative estimate of drug-likeness (QED) is 0.803. The summed E-state index contributed by atoms with van der Waals surface area (Å²) < 4.78 is 24.1. The summed E-state index contributed by atoms with van der Waals surface area (Å²) in [5.41, 5.74) is 0.267. The highest BCUT2D eigenvalue weighted by molar-refractivity contribution is 7.88. The molecule has 0 aromatic heterocycles. The zero-order valence-corrected chi connectivity index (χ0v) is 15.4. The van der Waals surface area contributed by atoms with Crippen molar-refractivity contribution in [1.29, 1.82) is 0 Å². The molecule has 4 rings (SSSR count). The van der Waals surface area contributed by atoms with Gasteiger partial charge in [-0.1, -0.05) is 6.92 Å². The molecule has 6 heteroatoms. The Kier molecular flexibility index (Phi) is 4.51. The molecule has 0 unspecified atom stereocenters. The molecule has 4 aliphatic carbocycles. The normalized spacial score (nSPS) is 37.1. The van der Waals surface area contributed by atoms with Crippen LogP contribution in [0.1, 0.15) is 51.9 Å². The molecule has 132 valence electrons. The molecule has 0 saturated heterocycles. The van der Waals surface area contributed by atoms with Gasteiger partial charge in [0.25, 0.3) is 0 Å². The summed E-state index contributed by atoms with van der Waals surface area (Å²) in [6, 6.07) is 0.191. The maximum Gasteiger partial charge on any atom is 0.235 e. The minimum Gasteiger partial charge on any atom is -0.352 e. The van der Waals surface area contributed by atoms with E-state index in [9.17, 15) is 13.2 Å². The van der Waals surface area contributed by atoms with Crippen LogP contribution < -0.4 is 5.32 Å². The van der Waals surface area contributed by atoms with Crippen LogP contribution in [-0.2, 0) is 14.8 Å². The smallest absolute Gasteiger partial charge is 0.235 e. The van der Waals surface area contributed by atoms with E-state index in [2.05, 4.69) is 12.2 Å². The highest BCUT2D eigenvalue weighted by Crippen LogP contribution is 2.61. The third-order valence-electron chi connectivity index (χ3n) is 6.50. The Morgan fingerprint density at radius 2 is 1.65 bits per heavy atom. The summed E-state index contributed by atoms with van der Waals surface area (Å²) in [5, 5.41) is 3.18. The van der Waals surface area contributed by atoms with Crippen molar-refractivity contribution >= 4 is 15.9 Å². The second kappa shape index (κ2) is 6.03. The Labute approximate surface area is 140 Å². The van der Waals surface area contributed by atoms with Crippen molar-refractivity contribution in [3.63, 3.8) is 0 Å². The van der Waals surface area contributed by atoms with E-state index in [4.69, 9.17) is 0 Å². The highest BCUT2D eigenvalue weighted by atomic mass is 32.2. The number of amides is 1. The summed E-state index contributed by atoms with van der Waals surface area (Å²) in [6.07, 6.45) is 9.98. The van der Waals surface area contributed by atoms with Crippen molar-refractivity contribution in [2.75, 3.05) is 19.8 Å². The van der Waals surface area contributed by atoms with Crippen LogP contribution in [0.4, 0.5) is 0 Å². The number of carbonyl (C=O) groups excluding carboxylic acids is 1. The van der Waals surface area contributed by atoms with Gasteiger partial charge in [-0.2, -0.15) is 4.31 Å². The van der Waals surface area contributed by atoms with Crippen LogP contribution in [0.25, 0.3) is 0 Å². The molecular weight excluding hydrogens is 312 g/mol. The number of carbonyl (C=O) groups is 1. The van der Waals surface area contributed by atoms with E-state index in [1.165, 1.54) is 45.6 Å². The van der Waals surface area contributed by atoms with Crippen molar-refractivity contribution in [2.45, 2.75) is 57.9 Å². The fourth-order valence-electron chi connectivity index (χ4n) is 5.85. The van der Waals surface area contributed by atoms with Crippen LogP contribution in [0.5, 0.6) is 0 Å². The summed E-state index contributed by atoms with van der Waals surface area (Å²) in [5.74, 6) is 2.39. The third kappa shape index (κ3) is 3.43. The largest absolute Gasteiger partial charge is 0.352 e. The van der Waals surface area contributed by atoms with Crippen LogP contribution in [-0.4, -0.2) is 44.5 Å². The second-order valence-corrected chi connectivity index (χ2v) is 10.4. The highest BCUT2D eigenvalue weighted by Gasteiger charge is 2.54. The van der Waals surface area contributed by atoms with E-state index >= 15 is 0 Å². The fraction of sp³-hybridized carbons (Fsp3) is 0.941. The minimum absolute atomic E-state index is 0.0816. The Morgan fingerprint density at radius 1 is 1.17 bits per heavy atom. The average molecular weight is 343 g/mol. The van der Waals surface area contributed by atoms with Gasteiger partial charge < -0.3 is 5.32 Å². The molecule has 4 fully saturated rings. The number of rotatable bonds is 6. The summed E-state index contributed by atoms with van der Waals surface area (Å²) in [4.78, 5) is 12.3. The molecule has 0 heterocycles. The fourth-order valence-corrected chi connectivity index (χ4v) is 6.20. The first kappa shape index (κ1) is 17.2. The van der Waals surface area contributed by atoms with Gasteiger partial charge in [-0.25, -0.2) is 8.42 Å². The zero-order valence-electron chi connectivity index (χ0n) is 14.5. The van der Waals surface area contributed by atoms with Crippen molar-refractivity contribution in [3.8, 4) is 0 Å². The zero-order chi connectivity index (χ0) is 16.8. The molecule has 0 radical (unpaired) electrons. The van der Waals surface area contributed by atoms with E-state index in [-0.39, 0.29) is 23.9 Å². The average Bonchev–Trinajstić information content (AvgIpc) is 2.42. The first-order chi connectivity index (χ1) is 10.7. The molecule has 5 nitrogen and oxygen atoms in total. The van der Waals surface area contributed by atoms with Gasteiger partial charge in [0.2, 0.25) is 15.9 Å². The molecule has 4 saturated carbocycles. The first-order valence-corrected chi connectivity index (χ1v) is 10.8. The molecule has 1 atom stereocenters. The molecule has 0 aromatic carbocycles. The van der Waals surface area contributed by atoms with E-state index < -0.39 is 10.0 Å². The molecular formula is C17H30N2O3S. The molecule has 1 amide bonds. The number of hydrogen-bond donors (Lipinski definition) is 1. The third-order valence-corrected chi connectivity index (χ3v) is 7.76. The number of sulfonamides is 1. The van der Waals surface area contributed by atoms with Crippen LogP contribution in [0, 0.1) is 23.2 Å². The lowest BCUT2D eigenvalue weighted by Gasteiger charge is -2.59. The van der Waals surface area contributed by atoms with Gasteiger partial charge in [0.05, 0.1) is 12.8 Å². The van der Waals surface area contributed by atoms with Crippen molar-refractivity contribution < 1.29 is 13.2 Å². The molecule has 1 N–H and O–H groups in total. The summed E-state index contributed by atoms with van der Waals surface area (Å²) in [6.45, 7) is 2.06. The standard InChI is InChI=1S/C17H30N2O3S/c1-4-15(18-16(20)11-19(2)23(3,21)22)17-8-12-5-13(9-17)7-14(6-12)10-17/h12-15H,4-11H2,1-3H3,(H,18,20)/t12?,13?,14?,15-,17?/m0/s1. The van der Waals surface area contributed by atoms with E-state index in [0.717, 1.165) is 34.7 Å². The topological polar surface area (TPSA) is 66.5 Å². The predicted molar refractivity (Wildman–Crippen MR) is 90.3 cm³/mol. The predicted octanol–water partition coefficient (Wildman–Crippen LogP) is 1.99. The maximum absolute atomic E-state index is 12.3. The van der Waals surface area contributed by atoms with Crippen LogP contribution in [0.3, 0.4) is 0 Å². The number of likely N-dealkylation sites (N-methyl/N-ethyl adjacent to an activating group) is 1. The van der Waals surface area contributed by atoms with Gasteiger partial charge in [0.15, 0.2) is 0 Å². The van der Waals surface area contributed by atoms with E-state index in [1.807, 2.05) is 0 Å². The Morgan fingerprint density at radius 3 is 2.04 bits per heavy atom. The van der Waals surface area contributed by atoms with Gasteiger partial charge in [-0.3, -0.25) is 4.79 Å².